The molecule has 2 aliphatic heterocycles. The van der Waals surface area contributed by atoms with Crippen LogP contribution in [0.15, 0.2) is 30.3 Å². The van der Waals surface area contributed by atoms with E-state index in [4.69, 9.17) is 38.9 Å². The summed E-state index contributed by atoms with van der Waals surface area (Å²) in [4.78, 5) is 25.1. The molecule has 190 valence electrons. The van der Waals surface area contributed by atoms with Gasteiger partial charge in [0.1, 0.15) is 36.8 Å². The van der Waals surface area contributed by atoms with Gasteiger partial charge in [-0.3, -0.25) is 0 Å². The van der Waals surface area contributed by atoms with Crippen molar-refractivity contribution in [3.8, 4) is 0 Å². The molecule has 2 aliphatic rings. The second-order valence-corrected chi connectivity index (χ2v) is 9.08. The summed E-state index contributed by atoms with van der Waals surface area (Å²) >= 11 is 0. The predicted octanol–water partition coefficient (Wildman–Crippen LogP) is 1.25. The third-order valence-electron chi connectivity index (χ3n) is 5.38. The van der Waals surface area contributed by atoms with E-state index < -0.39 is 60.5 Å². The lowest BCUT2D eigenvalue weighted by atomic mass is 9.89. The number of rotatable bonds is 7. The highest BCUT2D eigenvalue weighted by Gasteiger charge is 2.53. The molecule has 7 atom stereocenters. The number of methoxy groups -OCH3 is 2. The maximum absolute atomic E-state index is 12.7. The molecule has 0 aromatic heterocycles. The van der Waals surface area contributed by atoms with Gasteiger partial charge in [-0.05, 0) is 20.8 Å². The first-order valence-electron chi connectivity index (χ1n) is 11.1. The van der Waals surface area contributed by atoms with Crippen LogP contribution in [-0.4, -0.2) is 81.8 Å². The summed E-state index contributed by atoms with van der Waals surface area (Å²) in [5.74, 6) is -0.743. The van der Waals surface area contributed by atoms with E-state index in [1.54, 1.807) is 20.8 Å². The van der Waals surface area contributed by atoms with Crippen molar-refractivity contribution in [1.82, 2.24) is 5.32 Å². The Hall–Kier alpha value is -2.28. The van der Waals surface area contributed by atoms with Gasteiger partial charge in [0, 0.05) is 12.7 Å². The maximum Gasteiger partial charge on any atom is 0.408 e. The number of hydrogen-bond donors (Lipinski definition) is 2. The van der Waals surface area contributed by atoms with E-state index in [-0.39, 0.29) is 13.4 Å². The zero-order valence-electron chi connectivity index (χ0n) is 20.1. The van der Waals surface area contributed by atoms with Crippen LogP contribution in [0.5, 0.6) is 0 Å². The zero-order chi connectivity index (χ0) is 24.9. The van der Waals surface area contributed by atoms with Gasteiger partial charge in [-0.2, -0.15) is 0 Å². The summed E-state index contributed by atoms with van der Waals surface area (Å²) < 4.78 is 39.3. The van der Waals surface area contributed by atoms with Gasteiger partial charge in [0.15, 0.2) is 12.3 Å². The summed E-state index contributed by atoms with van der Waals surface area (Å²) in [6.45, 7) is 5.17. The molecule has 0 bridgehead atoms. The number of carbonyl (C=O) groups excluding carboxylic acids is 2. The Labute approximate surface area is 199 Å². The van der Waals surface area contributed by atoms with Crippen LogP contribution in [0.4, 0.5) is 4.79 Å². The maximum atomic E-state index is 12.7. The van der Waals surface area contributed by atoms with Crippen LogP contribution in [0.3, 0.4) is 0 Å². The minimum absolute atomic E-state index is 0.117. The van der Waals surface area contributed by atoms with Crippen molar-refractivity contribution in [2.75, 3.05) is 27.6 Å². The Morgan fingerprint density at radius 2 is 1.88 bits per heavy atom. The van der Waals surface area contributed by atoms with Crippen LogP contribution in [0, 0.1) is 0 Å². The van der Waals surface area contributed by atoms with Gasteiger partial charge in [0.2, 0.25) is 0 Å². The van der Waals surface area contributed by atoms with Gasteiger partial charge in [0.05, 0.1) is 19.8 Å². The standard InChI is InChI=1S/C23H34N2O9/c1-23(2,3)34-22(27)25-16(20(26)29-5)19-18(31-12-28-4)15(24)17-14(32-19)11-30-21(33-17)13-9-7-6-8-10-13/h6-10,14-19,21H,11-12,24H2,1-5H3,(H,25,27)/t14-,15-,16+,17-,18-,19+,21-/m1/s1. The first-order valence-corrected chi connectivity index (χ1v) is 11.1. The number of nitrogens with one attached hydrogen (secondary N) is 1. The fourth-order valence-corrected chi connectivity index (χ4v) is 3.93. The number of amides is 1. The highest BCUT2D eigenvalue weighted by molar-refractivity contribution is 5.82. The SMILES string of the molecule is COCO[C@@H]1[C@H](N)[C@@H]2O[C@H](c3ccccc3)OC[C@H]2O[C@H]1[C@H](NC(=O)OC(C)(C)C)C(=O)OC. The van der Waals surface area contributed by atoms with Crippen LogP contribution >= 0.6 is 0 Å². The lowest BCUT2D eigenvalue weighted by Gasteiger charge is -2.49. The van der Waals surface area contributed by atoms with E-state index in [2.05, 4.69) is 5.32 Å². The fourth-order valence-electron chi connectivity index (χ4n) is 3.93. The van der Waals surface area contributed by atoms with Gasteiger partial charge >= 0.3 is 12.1 Å². The van der Waals surface area contributed by atoms with Gasteiger partial charge in [-0.25, -0.2) is 9.59 Å². The lowest BCUT2D eigenvalue weighted by Crippen LogP contribution is -2.70. The average molecular weight is 483 g/mol. The van der Waals surface area contributed by atoms with E-state index in [1.165, 1.54) is 14.2 Å². The Kier molecular flexibility index (Phi) is 8.85. The summed E-state index contributed by atoms with van der Waals surface area (Å²) in [5, 5.41) is 2.53. The summed E-state index contributed by atoms with van der Waals surface area (Å²) in [5.41, 5.74) is 6.64. The Balaban J connectivity index is 1.83. The highest BCUT2D eigenvalue weighted by Crippen LogP contribution is 2.35. The summed E-state index contributed by atoms with van der Waals surface area (Å²) in [6, 6.07) is 7.45. The monoisotopic (exact) mass is 482 g/mol. The number of hydrogen-bond acceptors (Lipinski definition) is 10. The minimum atomic E-state index is -1.26. The molecule has 1 aromatic rings. The van der Waals surface area contributed by atoms with Gasteiger partial charge in [0.25, 0.3) is 0 Å². The summed E-state index contributed by atoms with van der Waals surface area (Å²) in [6.07, 6.45) is -4.56. The molecule has 2 heterocycles. The average Bonchev–Trinajstić information content (AvgIpc) is 2.80. The number of benzene rings is 1. The van der Waals surface area contributed by atoms with Crippen molar-refractivity contribution >= 4 is 12.1 Å². The number of fused-ring (bicyclic) bond motifs is 1. The van der Waals surface area contributed by atoms with Crippen LogP contribution in [0.25, 0.3) is 0 Å². The van der Waals surface area contributed by atoms with Crippen molar-refractivity contribution in [3.05, 3.63) is 35.9 Å². The molecule has 34 heavy (non-hydrogen) atoms. The van der Waals surface area contributed by atoms with E-state index in [9.17, 15) is 9.59 Å². The Bertz CT molecular complexity index is 816. The molecule has 2 saturated heterocycles. The third-order valence-corrected chi connectivity index (χ3v) is 5.38. The number of carbonyl (C=O) groups is 2. The van der Waals surface area contributed by atoms with E-state index in [0.29, 0.717) is 0 Å². The predicted molar refractivity (Wildman–Crippen MR) is 119 cm³/mol. The Morgan fingerprint density at radius 1 is 1.18 bits per heavy atom. The second kappa shape index (κ2) is 11.4. The number of alkyl carbamates (subject to hydrolysis) is 1. The third kappa shape index (κ3) is 6.44. The van der Waals surface area contributed by atoms with Gasteiger partial charge < -0.3 is 44.2 Å². The quantitative estimate of drug-likeness (QED) is 0.431. The molecule has 11 nitrogen and oxygen atoms in total. The largest absolute Gasteiger partial charge is 0.467 e. The minimum Gasteiger partial charge on any atom is -0.467 e. The van der Waals surface area contributed by atoms with Crippen molar-refractivity contribution in [3.63, 3.8) is 0 Å². The topological polar surface area (TPSA) is 137 Å². The fraction of sp³-hybridized carbons (Fsp3) is 0.652. The molecule has 11 heteroatoms. The highest BCUT2D eigenvalue weighted by atomic mass is 16.7. The molecule has 3 rings (SSSR count). The number of ether oxygens (including phenoxy) is 7. The van der Waals surface area contributed by atoms with Gasteiger partial charge in [-0.1, -0.05) is 30.3 Å². The van der Waals surface area contributed by atoms with Gasteiger partial charge in [-0.15, -0.1) is 0 Å². The van der Waals surface area contributed by atoms with Crippen LogP contribution in [-0.2, 0) is 38.0 Å². The smallest absolute Gasteiger partial charge is 0.408 e. The zero-order valence-corrected chi connectivity index (χ0v) is 20.1. The summed E-state index contributed by atoms with van der Waals surface area (Å²) in [7, 11) is 2.67. The van der Waals surface area contributed by atoms with Crippen molar-refractivity contribution < 1.29 is 42.7 Å². The van der Waals surface area contributed by atoms with Crippen LogP contribution in [0.2, 0.25) is 0 Å². The first kappa shape index (κ1) is 26.3. The molecule has 0 radical (unpaired) electrons. The molecule has 2 fully saturated rings. The van der Waals surface area contributed by atoms with Crippen molar-refractivity contribution in [1.29, 1.82) is 0 Å². The molecule has 1 aromatic carbocycles. The molecule has 0 aliphatic carbocycles. The molecular weight excluding hydrogens is 448 g/mol. The molecule has 1 amide bonds. The molecular formula is C23H34N2O9. The van der Waals surface area contributed by atoms with Crippen molar-refractivity contribution in [2.24, 2.45) is 5.73 Å². The van der Waals surface area contributed by atoms with E-state index in [1.807, 2.05) is 30.3 Å². The lowest BCUT2D eigenvalue weighted by molar-refractivity contribution is -0.316. The van der Waals surface area contributed by atoms with E-state index >= 15 is 0 Å². The molecule has 0 spiro atoms. The molecule has 3 N–H and O–H groups in total. The number of esters is 1. The normalized spacial score (nSPS) is 30.1. The molecule has 0 saturated carbocycles. The Morgan fingerprint density at radius 3 is 2.50 bits per heavy atom. The van der Waals surface area contributed by atoms with Crippen LogP contribution < -0.4 is 11.1 Å². The van der Waals surface area contributed by atoms with Crippen molar-refractivity contribution in [2.45, 2.75) is 69.2 Å². The first-order chi connectivity index (χ1) is 16.1. The second-order valence-electron chi connectivity index (χ2n) is 9.08. The molecule has 0 unspecified atom stereocenters. The van der Waals surface area contributed by atoms with E-state index in [0.717, 1.165) is 5.56 Å². The number of nitrogens with two attached hydrogens (primary N) is 1. The van der Waals surface area contributed by atoms with Crippen LogP contribution in [0.1, 0.15) is 32.6 Å².